The van der Waals surface area contributed by atoms with Crippen LogP contribution in [0.2, 0.25) is 5.02 Å². The van der Waals surface area contributed by atoms with E-state index in [4.69, 9.17) is 21.1 Å². The van der Waals surface area contributed by atoms with Crippen LogP contribution in [0.5, 0.6) is 5.75 Å². The Morgan fingerprint density at radius 3 is 2.39 bits per heavy atom. The van der Waals surface area contributed by atoms with E-state index in [9.17, 15) is 14.4 Å². The average Bonchev–Trinajstić information content (AvgIpc) is 2.67. The second-order valence-electron chi connectivity index (χ2n) is 5.95. The lowest BCUT2D eigenvalue weighted by Crippen LogP contribution is -2.21. The van der Waals surface area contributed by atoms with Crippen LogP contribution in [-0.2, 0) is 19.1 Å². The van der Waals surface area contributed by atoms with Crippen LogP contribution >= 0.6 is 11.6 Å². The van der Waals surface area contributed by atoms with Crippen LogP contribution in [0.4, 0.5) is 11.4 Å². The molecule has 0 aliphatic carbocycles. The standard InChI is InChI=1S/C20H21ClN2O5/c1-13-6-7-15(11-17(13)21)22-18(24)8-9-20(26)28-12-19(25)23-14-4-3-5-16(10-14)27-2/h3-7,10-11H,8-9,12H2,1-2H3,(H,22,24)(H,23,25). The number of methoxy groups -OCH3 is 1. The van der Waals surface area contributed by atoms with Gasteiger partial charge in [-0.1, -0.05) is 23.7 Å². The normalized spacial score (nSPS) is 10.1. The van der Waals surface area contributed by atoms with Gasteiger partial charge in [0.05, 0.1) is 13.5 Å². The number of hydrogen-bond acceptors (Lipinski definition) is 5. The fourth-order valence-electron chi connectivity index (χ4n) is 2.23. The van der Waals surface area contributed by atoms with Gasteiger partial charge in [0.15, 0.2) is 6.61 Å². The lowest BCUT2D eigenvalue weighted by atomic mass is 10.2. The highest BCUT2D eigenvalue weighted by atomic mass is 35.5. The van der Waals surface area contributed by atoms with Crippen LogP contribution in [0.25, 0.3) is 0 Å². The van der Waals surface area contributed by atoms with E-state index in [0.29, 0.717) is 22.1 Å². The number of carbonyl (C=O) groups is 3. The number of benzene rings is 2. The molecule has 0 saturated heterocycles. The molecule has 148 valence electrons. The van der Waals surface area contributed by atoms with E-state index < -0.39 is 18.5 Å². The van der Waals surface area contributed by atoms with Crippen molar-refractivity contribution in [3.05, 3.63) is 53.1 Å². The maximum atomic E-state index is 11.9. The van der Waals surface area contributed by atoms with Gasteiger partial charge in [0, 0.05) is 28.9 Å². The molecule has 0 aliphatic heterocycles. The Balaban J connectivity index is 1.70. The molecular formula is C20H21ClN2O5. The van der Waals surface area contributed by atoms with Crippen LogP contribution in [0.3, 0.4) is 0 Å². The first kappa shape index (κ1) is 21.2. The Morgan fingerprint density at radius 1 is 0.964 bits per heavy atom. The average molecular weight is 405 g/mol. The summed E-state index contributed by atoms with van der Waals surface area (Å²) in [6.45, 7) is 1.42. The molecule has 0 heterocycles. The highest BCUT2D eigenvalue weighted by molar-refractivity contribution is 6.31. The minimum atomic E-state index is -0.641. The minimum absolute atomic E-state index is 0.0676. The molecule has 0 aliphatic rings. The molecule has 2 aromatic rings. The topological polar surface area (TPSA) is 93.7 Å². The van der Waals surface area contributed by atoms with E-state index in [2.05, 4.69) is 10.6 Å². The fraction of sp³-hybridized carbons (Fsp3) is 0.250. The van der Waals surface area contributed by atoms with Gasteiger partial charge in [-0.15, -0.1) is 0 Å². The van der Waals surface area contributed by atoms with Gasteiger partial charge in [-0.3, -0.25) is 14.4 Å². The third-order valence-electron chi connectivity index (χ3n) is 3.73. The lowest BCUT2D eigenvalue weighted by molar-refractivity contribution is -0.147. The van der Waals surface area contributed by atoms with Crippen molar-refractivity contribution in [3.8, 4) is 5.75 Å². The summed E-state index contributed by atoms with van der Waals surface area (Å²) in [7, 11) is 1.52. The summed E-state index contributed by atoms with van der Waals surface area (Å²) < 4.78 is 9.95. The number of nitrogens with one attached hydrogen (secondary N) is 2. The summed E-state index contributed by atoms with van der Waals surface area (Å²) in [5, 5.41) is 5.78. The third-order valence-corrected chi connectivity index (χ3v) is 4.14. The first-order chi connectivity index (χ1) is 13.4. The molecule has 2 amide bonds. The highest BCUT2D eigenvalue weighted by Crippen LogP contribution is 2.20. The molecule has 2 N–H and O–H groups in total. The summed E-state index contributed by atoms with van der Waals surface area (Å²) >= 11 is 6.00. The quantitative estimate of drug-likeness (QED) is 0.656. The van der Waals surface area contributed by atoms with E-state index in [1.165, 1.54) is 7.11 Å². The second-order valence-corrected chi connectivity index (χ2v) is 6.36. The number of anilines is 2. The van der Waals surface area contributed by atoms with Gasteiger partial charge in [0.2, 0.25) is 5.91 Å². The third kappa shape index (κ3) is 6.92. The molecule has 0 aromatic heterocycles. The van der Waals surface area contributed by atoms with Crippen molar-refractivity contribution in [1.29, 1.82) is 0 Å². The summed E-state index contributed by atoms with van der Waals surface area (Å²) in [5.74, 6) is -0.883. The fourth-order valence-corrected chi connectivity index (χ4v) is 2.41. The van der Waals surface area contributed by atoms with E-state index in [0.717, 1.165) is 5.56 Å². The number of rotatable bonds is 8. The molecule has 7 nitrogen and oxygen atoms in total. The van der Waals surface area contributed by atoms with Gasteiger partial charge >= 0.3 is 5.97 Å². The van der Waals surface area contributed by atoms with Crippen molar-refractivity contribution < 1.29 is 23.9 Å². The van der Waals surface area contributed by atoms with Gasteiger partial charge in [-0.2, -0.15) is 0 Å². The van der Waals surface area contributed by atoms with E-state index in [1.807, 2.05) is 6.92 Å². The van der Waals surface area contributed by atoms with Gasteiger partial charge in [0.1, 0.15) is 5.75 Å². The van der Waals surface area contributed by atoms with Gasteiger partial charge in [-0.05, 0) is 36.8 Å². The predicted octanol–water partition coefficient (Wildman–Crippen LogP) is 3.56. The Morgan fingerprint density at radius 2 is 1.68 bits per heavy atom. The molecule has 0 atom stereocenters. The van der Waals surface area contributed by atoms with Crippen molar-refractivity contribution in [2.75, 3.05) is 24.4 Å². The maximum Gasteiger partial charge on any atom is 0.306 e. The monoisotopic (exact) mass is 404 g/mol. The minimum Gasteiger partial charge on any atom is -0.497 e. The Labute approximate surface area is 168 Å². The smallest absolute Gasteiger partial charge is 0.306 e. The summed E-state index contributed by atoms with van der Waals surface area (Å²) in [5.41, 5.74) is 1.97. The molecule has 0 radical (unpaired) electrons. The molecule has 0 spiro atoms. The van der Waals surface area contributed by atoms with Crippen LogP contribution in [-0.4, -0.2) is 31.5 Å². The number of hydrogen-bond donors (Lipinski definition) is 2. The van der Waals surface area contributed by atoms with Crippen molar-refractivity contribution in [2.45, 2.75) is 19.8 Å². The molecule has 0 saturated carbocycles. The number of ether oxygens (including phenoxy) is 2. The predicted molar refractivity (Wildman–Crippen MR) is 107 cm³/mol. The first-order valence-electron chi connectivity index (χ1n) is 8.53. The molecule has 0 bridgehead atoms. The number of halogens is 1. The number of carbonyl (C=O) groups excluding carboxylic acids is 3. The Kier molecular flexibility index (Phi) is 7.83. The Bertz CT molecular complexity index is 869. The molecule has 8 heteroatoms. The van der Waals surface area contributed by atoms with Crippen LogP contribution in [0.15, 0.2) is 42.5 Å². The van der Waals surface area contributed by atoms with Crippen molar-refractivity contribution in [3.63, 3.8) is 0 Å². The zero-order valence-corrected chi connectivity index (χ0v) is 16.3. The summed E-state index contributed by atoms with van der Waals surface area (Å²) in [6, 6.07) is 11.9. The van der Waals surface area contributed by atoms with E-state index >= 15 is 0 Å². The van der Waals surface area contributed by atoms with E-state index in [-0.39, 0.29) is 18.7 Å². The maximum absolute atomic E-state index is 11.9. The molecule has 0 unspecified atom stereocenters. The molecular weight excluding hydrogens is 384 g/mol. The number of esters is 1. The van der Waals surface area contributed by atoms with Gasteiger partial charge in [-0.25, -0.2) is 0 Å². The van der Waals surface area contributed by atoms with Crippen LogP contribution < -0.4 is 15.4 Å². The molecule has 0 fully saturated rings. The van der Waals surface area contributed by atoms with Gasteiger partial charge in [0.25, 0.3) is 5.91 Å². The zero-order chi connectivity index (χ0) is 20.5. The lowest BCUT2D eigenvalue weighted by Gasteiger charge is -2.08. The molecule has 28 heavy (non-hydrogen) atoms. The largest absolute Gasteiger partial charge is 0.497 e. The summed E-state index contributed by atoms with van der Waals surface area (Å²) in [6.07, 6.45) is -0.209. The van der Waals surface area contributed by atoms with Crippen molar-refractivity contribution in [1.82, 2.24) is 0 Å². The molecule has 2 aromatic carbocycles. The SMILES string of the molecule is COc1cccc(NC(=O)COC(=O)CCC(=O)Nc2ccc(C)c(Cl)c2)c1. The number of amides is 2. The second kappa shape index (κ2) is 10.3. The summed E-state index contributed by atoms with van der Waals surface area (Å²) in [4.78, 5) is 35.5. The van der Waals surface area contributed by atoms with Gasteiger partial charge < -0.3 is 20.1 Å². The first-order valence-corrected chi connectivity index (χ1v) is 8.90. The van der Waals surface area contributed by atoms with E-state index in [1.54, 1.807) is 42.5 Å². The van der Waals surface area contributed by atoms with Crippen LogP contribution in [0.1, 0.15) is 18.4 Å². The van der Waals surface area contributed by atoms with Crippen LogP contribution in [0, 0.1) is 6.92 Å². The van der Waals surface area contributed by atoms with Crippen molar-refractivity contribution >= 4 is 40.8 Å². The molecule has 2 rings (SSSR count). The van der Waals surface area contributed by atoms with Crippen molar-refractivity contribution in [2.24, 2.45) is 0 Å². The Hall–Kier alpha value is -3.06. The number of aryl methyl sites for hydroxylation is 1. The highest BCUT2D eigenvalue weighted by Gasteiger charge is 2.11. The zero-order valence-electron chi connectivity index (χ0n) is 15.6.